The van der Waals surface area contributed by atoms with E-state index in [4.69, 9.17) is 5.11 Å². The number of phenolic OH excluding ortho intramolecular Hbond substituents is 1. The average Bonchev–Trinajstić information content (AvgIpc) is 2.13. The molecule has 1 aromatic rings. The van der Waals surface area contributed by atoms with Gasteiger partial charge in [0, 0.05) is 0 Å². The molecule has 0 aromatic heterocycles. The molecule has 0 aliphatic rings. The first-order valence-corrected chi connectivity index (χ1v) is 5.42. The first kappa shape index (κ1) is 12.0. The molecule has 0 spiro atoms. The molecule has 0 saturated heterocycles. The van der Waals surface area contributed by atoms with Crippen LogP contribution in [-0.2, 0) is 11.2 Å². The molecule has 0 fully saturated rings. The Morgan fingerprint density at radius 1 is 1.53 bits per heavy atom. The molecule has 0 saturated carbocycles. The van der Waals surface area contributed by atoms with Gasteiger partial charge in [0.15, 0.2) is 0 Å². The fraction of sp³-hybridized carbons (Fsp3) is 0.364. The van der Waals surface area contributed by atoms with Gasteiger partial charge in [0.1, 0.15) is 5.75 Å². The normalized spacial score (nSPS) is 12.5. The SMILES string of the molecule is Cc1cc(CC(C)C(=O)O)cc(Br)c1O. The van der Waals surface area contributed by atoms with Crippen molar-refractivity contribution in [2.24, 2.45) is 5.92 Å². The summed E-state index contributed by atoms with van der Waals surface area (Å²) in [6, 6.07) is 3.56. The molecule has 15 heavy (non-hydrogen) atoms. The van der Waals surface area contributed by atoms with Gasteiger partial charge in [-0.3, -0.25) is 4.79 Å². The second-order valence-corrected chi connectivity index (χ2v) is 4.54. The van der Waals surface area contributed by atoms with Gasteiger partial charge in [-0.1, -0.05) is 13.0 Å². The van der Waals surface area contributed by atoms with Crippen LogP contribution in [0.5, 0.6) is 5.75 Å². The number of hydrogen-bond donors (Lipinski definition) is 2. The number of carbonyl (C=O) groups is 1. The summed E-state index contributed by atoms with van der Waals surface area (Å²) < 4.78 is 0.607. The van der Waals surface area contributed by atoms with Crippen molar-refractivity contribution < 1.29 is 15.0 Å². The first-order valence-electron chi connectivity index (χ1n) is 4.62. The number of carboxylic acid groups (broad SMARTS) is 1. The number of benzene rings is 1. The third-order valence-corrected chi connectivity index (χ3v) is 2.88. The summed E-state index contributed by atoms with van der Waals surface area (Å²) in [5, 5.41) is 18.3. The van der Waals surface area contributed by atoms with Crippen molar-refractivity contribution in [2.75, 3.05) is 0 Å². The highest BCUT2D eigenvalue weighted by molar-refractivity contribution is 9.10. The number of carboxylic acids is 1. The molecule has 3 nitrogen and oxygen atoms in total. The predicted octanol–water partition coefficient (Wildman–Crippen LogP) is 2.73. The van der Waals surface area contributed by atoms with Crippen LogP contribution in [0.25, 0.3) is 0 Å². The Bertz CT molecular complexity index is 364. The minimum absolute atomic E-state index is 0.210. The smallest absolute Gasteiger partial charge is 0.306 e. The number of phenols is 1. The lowest BCUT2D eigenvalue weighted by atomic mass is 10.00. The predicted molar refractivity (Wildman–Crippen MR) is 61.0 cm³/mol. The molecule has 0 aliphatic carbocycles. The van der Waals surface area contributed by atoms with E-state index >= 15 is 0 Å². The van der Waals surface area contributed by atoms with Crippen molar-refractivity contribution in [3.63, 3.8) is 0 Å². The summed E-state index contributed by atoms with van der Waals surface area (Å²) in [6.45, 7) is 3.45. The maximum absolute atomic E-state index is 10.7. The molecule has 0 bridgehead atoms. The number of aryl methyl sites for hydroxylation is 1. The summed E-state index contributed by atoms with van der Waals surface area (Å²) in [6.07, 6.45) is 0.467. The van der Waals surface area contributed by atoms with E-state index in [1.807, 2.05) is 0 Å². The average molecular weight is 273 g/mol. The minimum Gasteiger partial charge on any atom is -0.506 e. The zero-order valence-corrected chi connectivity index (χ0v) is 10.2. The molecule has 1 rings (SSSR count). The van der Waals surface area contributed by atoms with Crippen molar-refractivity contribution in [1.82, 2.24) is 0 Å². The van der Waals surface area contributed by atoms with Crippen LogP contribution in [0.2, 0.25) is 0 Å². The van der Waals surface area contributed by atoms with Crippen LogP contribution in [0, 0.1) is 12.8 Å². The van der Waals surface area contributed by atoms with Gasteiger partial charge in [-0.05, 0) is 46.5 Å². The van der Waals surface area contributed by atoms with Gasteiger partial charge in [0.25, 0.3) is 0 Å². The van der Waals surface area contributed by atoms with Crippen LogP contribution < -0.4 is 0 Å². The highest BCUT2D eigenvalue weighted by atomic mass is 79.9. The Morgan fingerprint density at radius 2 is 2.13 bits per heavy atom. The topological polar surface area (TPSA) is 57.5 Å². The van der Waals surface area contributed by atoms with Crippen molar-refractivity contribution >= 4 is 21.9 Å². The van der Waals surface area contributed by atoms with Gasteiger partial charge < -0.3 is 10.2 Å². The van der Waals surface area contributed by atoms with Gasteiger partial charge >= 0.3 is 5.97 Å². The van der Waals surface area contributed by atoms with Crippen LogP contribution in [-0.4, -0.2) is 16.2 Å². The molecule has 82 valence electrons. The molecule has 1 unspecified atom stereocenters. The molecule has 1 atom stereocenters. The third kappa shape index (κ3) is 2.96. The van der Waals surface area contributed by atoms with E-state index in [2.05, 4.69) is 15.9 Å². The fourth-order valence-electron chi connectivity index (χ4n) is 1.37. The highest BCUT2D eigenvalue weighted by Crippen LogP contribution is 2.29. The molecule has 0 radical (unpaired) electrons. The fourth-order valence-corrected chi connectivity index (χ4v) is 1.97. The highest BCUT2D eigenvalue weighted by Gasteiger charge is 2.13. The molecule has 2 N–H and O–H groups in total. The lowest BCUT2D eigenvalue weighted by Gasteiger charge is -2.09. The van der Waals surface area contributed by atoms with Crippen LogP contribution in [0.1, 0.15) is 18.1 Å². The Kier molecular flexibility index (Phi) is 3.74. The van der Waals surface area contributed by atoms with E-state index in [-0.39, 0.29) is 5.75 Å². The number of halogens is 1. The summed E-state index contributed by atoms with van der Waals surface area (Å²) in [4.78, 5) is 10.7. The number of rotatable bonds is 3. The Morgan fingerprint density at radius 3 is 2.60 bits per heavy atom. The van der Waals surface area contributed by atoms with Crippen molar-refractivity contribution in [2.45, 2.75) is 20.3 Å². The zero-order valence-electron chi connectivity index (χ0n) is 8.62. The molecule has 1 aromatic carbocycles. The van der Waals surface area contributed by atoms with E-state index < -0.39 is 11.9 Å². The van der Waals surface area contributed by atoms with Crippen LogP contribution in [0.4, 0.5) is 0 Å². The monoisotopic (exact) mass is 272 g/mol. The van der Waals surface area contributed by atoms with E-state index in [1.54, 1.807) is 26.0 Å². The van der Waals surface area contributed by atoms with Gasteiger partial charge in [-0.2, -0.15) is 0 Å². The van der Waals surface area contributed by atoms with Crippen molar-refractivity contribution in [3.05, 3.63) is 27.7 Å². The van der Waals surface area contributed by atoms with Crippen LogP contribution >= 0.6 is 15.9 Å². The summed E-state index contributed by atoms with van der Waals surface area (Å²) >= 11 is 3.23. The van der Waals surface area contributed by atoms with Crippen molar-refractivity contribution in [3.8, 4) is 5.75 Å². The van der Waals surface area contributed by atoms with Crippen molar-refractivity contribution in [1.29, 1.82) is 0 Å². The minimum atomic E-state index is -0.808. The number of hydrogen-bond acceptors (Lipinski definition) is 2. The maximum Gasteiger partial charge on any atom is 0.306 e. The van der Waals surface area contributed by atoms with Gasteiger partial charge in [0.2, 0.25) is 0 Å². The second kappa shape index (κ2) is 4.66. The molecule has 0 amide bonds. The van der Waals surface area contributed by atoms with E-state index in [9.17, 15) is 9.90 Å². The molecular formula is C11H13BrO3. The number of aromatic hydroxyl groups is 1. The van der Waals surface area contributed by atoms with Gasteiger partial charge in [-0.15, -0.1) is 0 Å². The van der Waals surface area contributed by atoms with Gasteiger partial charge in [0.05, 0.1) is 10.4 Å². The lowest BCUT2D eigenvalue weighted by molar-refractivity contribution is -0.141. The third-order valence-electron chi connectivity index (χ3n) is 2.28. The Labute approximate surface area is 96.9 Å². The van der Waals surface area contributed by atoms with E-state index in [0.717, 1.165) is 11.1 Å². The Hall–Kier alpha value is -1.03. The van der Waals surface area contributed by atoms with E-state index in [1.165, 1.54) is 0 Å². The maximum atomic E-state index is 10.7. The summed E-state index contributed by atoms with van der Waals surface area (Å²) in [5.74, 6) is -1.01. The molecule has 0 aliphatic heterocycles. The van der Waals surface area contributed by atoms with Crippen LogP contribution in [0.3, 0.4) is 0 Å². The molecule has 0 heterocycles. The largest absolute Gasteiger partial charge is 0.506 e. The molecular weight excluding hydrogens is 260 g/mol. The number of aliphatic carboxylic acids is 1. The standard InChI is InChI=1S/C11H13BrO3/c1-6-3-8(4-7(2)11(14)15)5-9(12)10(6)13/h3,5,7,13H,4H2,1-2H3,(H,14,15). The molecule has 4 heteroatoms. The first-order chi connectivity index (χ1) is 6.91. The van der Waals surface area contributed by atoms with E-state index in [0.29, 0.717) is 10.9 Å². The summed E-state index contributed by atoms with van der Waals surface area (Å²) in [7, 11) is 0. The van der Waals surface area contributed by atoms with Crippen LogP contribution in [0.15, 0.2) is 16.6 Å². The Balaban J connectivity index is 2.92. The van der Waals surface area contributed by atoms with Gasteiger partial charge in [-0.25, -0.2) is 0 Å². The lowest BCUT2D eigenvalue weighted by Crippen LogP contribution is -2.12. The quantitative estimate of drug-likeness (QED) is 0.890. The zero-order chi connectivity index (χ0) is 11.6. The second-order valence-electron chi connectivity index (χ2n) is 3.69. The summed E-state index contributed by atoms with van der Waals surface area (Å²) in [5.41, 5.74) is 1.66.